The third kappa shape index (κ3) is 3.54. The lowest BCUT2D eigenvalue weighted by atomic mass is 9.74. The third-order valence-electron chi connectivity index (χ3n) is 7.81. The van der Waals surface area contributed by atoms with Crippen molar-refractivity contribution in [3.05, 3.63) is 53.9 Å². The first-order valence-electron chi connectivity index (χ1n) is 11.9. The molecule has 2 aliphatic heterocycles. The van der Waals surface area contributed by atoms with Crippen molar-refractivity contribution in [2.45, 2.75) is 37.3 Å². The summed E-state index contributed by atoms with van der Waals surface area (Å²) in [4.78, 5) is 13.7. The van der Waals surface area contributed by atoms with Crippen LogP contribution in [0, 0.1) is 5.92 Å². The fourth-order valence-electron chi connectivity index (χ4n) is 5.89. The van der Waals surface area contributed by atoms with Gasteiger partial charge in [-0.2, -0.15) is 0 Å². The van der Waals surface area contributed by atoms with Crippen LogP contribution in [0.2, 0.25) is 0 Å². The molecule has 3 heterocycles. The number of hydrazine groups is 1. The zero-order valence-electron chi connectivity index (χ0n) is 18.7. The molecule has 0 amide bonds. The van der Waals surface area contributed by atoms with Crippen molar-refractivity contribution in [3.8, 4) is 0 Å². The lowest BCUT2D eigenvalue weighted by Crippen LogP contribution is -2.44. The van der Waals surface area contributed by atoms with Gasteiger partial charge in [0.2, 0.25) is 0 Å². The number of H-pyrrole nitrogens is 1. The molecule has 2 saturated heterocycles. The maximum atomic E-state index is 5.88. The summed E-state index contributed by atoms with van der Waals surface area (Å²) in [7, 11) is 2.20. The molecule has 0 bridgehead atoms. The molecule has 7 nitrogen and oxygen atoms in total. The van der Waals surface area contributed by atoms with Gasteiger partial charge in [0.25, 0.3) is 0 Å². The summed E-state index contributed by atoms with van der Waals surface area (Å²) in [5.74, 6) is 2.20. The number of aromatic nitrogens is 2. The third-order valence-corrected chi connectivity index (χ3v) is 7.81. The van der Waals surface area contributed by atoms with E-state index in [9.17, 15) is 0 Å². The monoisotopic (exact) mass is 431 g/mol. The number of rotatable bonds is 3. The minimum absolute atomic E-state index is 0.222. The smallest absolute Gasteiger partial charge is 0.126 e. The number of nitrogens with two attached hydrogens (primary N) is 1. The molecule has 0 spiro atoms. The van der Waals surface area contributed by atoms with E-state index in [1.807, 2.05) is 12.1 Å². The number of anilines is 2. The number of para-hydroxylation sites is 1. The molecule has 3 aromatic rings. The predicted octanol–water partition coefficient (Wildman–Crippen LogP) is 3.00. The number of nitrogens with one attached hydrogen (secondary N) is 3. The molecule has 168 valence electrons. The van der Waals surface area contributed by atoms with E-state index in [0.29, 0.717) is 17.9 Å². The summed E-state index contributed by atoms with van der Waals surface area (Å²) in [5.41, 5.74) is 18.8. The molecular formula is C25H33N7. The number of nitrogen functional groups attached to an aromatic ring is 1. The maximum absolute atomic E-state index is 5.88. The molecule has 3 fully saturated rings. The van der Waals surface area contributed by atoms with E-state index in [4.69, 9.17) is 10.7 Å². The minimum Gasteiger partial charge on any atom is -0.399 e. The van der Waals surface area contributed by atoms with Crippen LogP contribution < -0.4 is 21.5 Å². The Labute approximate surface area is 189 Å². The highest BCUT2D eigenvalue weighted by molar-refractivity contribution is 5.89. The van der Waals surface area contributed by atoms with Crippen LogP contribution in [0.5, 0.6) is 0 Å². The van der Waals surface area contributed by atoms with Gasteiger partial charge in [-0.3, -0.25) is 5.43 Å². The second-order valence-corrected chi connectivity index (χ2v) is 9.80. The van der Waals surface area contributed by atoms with Crippen LogP contribution >= 0.6 is 0 Å². The van der Waals surface area contributed by atoms with Gasteiger partial charge in [0.15, 0.2) is 0 Å². The average molecular weight is 432 g/mol. The van der Waals surface area contributed by atoms with Crippen LogP contribution in [-0.2, 0) is 0 Å². The van der Waals surface area contributed by atoms with E-state index in [1.165, 1.54) is 24.1 Å². The SMILES string of the molecule is CN1CCN(c2cccc3[nH]c(C4NNC5CC(c6ccc(N)cc6)CCC54)nc23)CC1. The standard InChI is InChI=1S/C25H33N7/c1-31-11-13-32(14-12-31)22-4-2-3-20-24(22)28-25(27-20)23-19-10-7-17(15-21(19)29-30-23)16-5-8-18(26)9-6-16/h2-6,8-9,17,19,21,23,29-30H,7,10-15,26H2,1H3,(H,27,28). The van der Waals surface area contributed by atoms with Gasteiger partial charge in [0, 0.05) is 37.9 Å². The molecule has 7 heteroatoms. The van der Waals surface area contributed by atoms with Crippen molar-refractivity contribution in [1.29, 1.82) is 0 Å². The average Bonchev–Trinajstić information content (AvgIpc) is 3.43. The number of hydrogen-bond acceptors (Lipinski definition) is 6. The minimum atomic E-state index is 0.222. The van der Waals surface area contributed by atoms with Crippen molar-refractivity contribution < 1.29 is 0 Å². The normalized spacial score (nSPS) is 28.8. The van der Waals surface area contributed by atoms with Gasteiger partial charge in [-0.25, -0.2) is 10.4 Å². The number of hydrogen-bond donors (Lipinski definition) is 4. The molecule has 1 aliphatic carbocycles. The van der Waals surface area contributed by atoms with Crippen LogP contribution in [0.15, 0.2) is 42.5 Å². The maximum Gasteiger partial charge on any atom is 0.126 e. The first kappa shape index (κ1) is 20.0. The van der Waals surface area contributed by atoms with Crippen LogP contribution in [0.4, 0.5) is 11.4 Å². The molecule has 32 heavy (non-hydrogen) atoms. The van der Waals surface area contributed by atoms with E-state index < -0.39 is 0 Å². The van der Waals surface area contributed by atoms with E-state index >= 15 is 0 Å². The second-order valence-electron chi connectivity index (χ2n) is 9.80. The summed E-state index contributed by atoms with van der Waals surface area (Å²) < 4.78 is 0. The van der Waals surface area contributed by atoms with Crippen LogP contribution in [0.3, 0.4) is 0 Å². The number of benzene rings is 2. The molecule has 5 N–H and O–H groups in total. The Morgan fingerprint density at radius 2 is 1.78 bits per heavy atom. The number of nitrogens with zero attached hydrogens (tertiary/aromatic N) is 3. The molecule has 1 saturated carbocycles. The van der Waals surface area contributed by atoms with Gasteiger partial charge in [-0.05, 0) is 68.0 Å². The highest BCUT2D eigenvalue weighted by Gasteiger charge is 2.42. The lowest BCUT2D eigenvalue weighted by molar-refractivity contribution is 0.277. The van der Waals surface area contributed by atoms with E-state index in [-0.39, 0.29) is 6.04 Å². The van der Waals surface area contributed by atoms with E-state index in [2.05, 4.69) is 63.0 Å². The molecular weight excluding hydrogens is 398 g/mol. The molecule has 2 aromatic carbocycles. The number of imidazole rings is 1. The molecule has 1 aromatic heterocycles. The van der Waals surface area contributed by atoms with Gasteiger partial charge in [-0.15, -0.1) is 0 Å². The van der Waals surface area contributed by atoms with Gasteiger partial charge in [0.05, 0.1) is 17.2 Å². The zero-order valence-corrected chi connectivity index (χ0v) is 18.7. The molecule has 6 rings (SSSR count). The van der Waals surface area contributed by atoms with E-state index in [1.54, 1.807) is 0 Å². The molecule has 4 atom stereocenters. The lowest BCUT2D eigenvalue weighted by Gasteiger charge is -2.34. The molecule has 4 unspecified atom stereocenters. The summed E-state index contributed by atoms with van der Waals surface area (Å²) >= 11 is 0. The van der Waals surface area contributed by atoms with E-state index in [0.717, 1.165) is 55.1 Å². The second kappa shape index (κ2) is 8.06. The largest absolute Gasteiger partial charge is 0.399 e. The first-order chi connectivity index (χ1) is 15.7. The predicted molar refractivity (Wildman–Crippen MR) is 130 cm³/mol. The molecule has 3 aliphatic rings. The van der Waals surface area contributed by atoms with Gasteiger partial charge in [-0.1, -0.05) is 18.2 Å². The highest BCUT2D eigenvalue weighted by atomic mass is 15.4. The fraction of sp³-hybridized carbons (Fsp3) is 0.480. The Hall–Kier alpha value is -2.61. The van der Waals surface area contributed by atoms with Crippen molar-refractivity contribution in [3.63, 3.8) is 0 Å². The number of piperazine rings is 1. The topological polar surface area (TPSA) is 85.2 Å². The molecule has 0 radical (unpaired) electrons. The fourth-order valence-corrected chi connectivity index (χ4v) is 5.89. The summed E-state index contributed by atoms with van der Waals surface area (Å²) in [5, 5.41) is 0. The van der Waals surface area contributed by atoms with Crippen LogP contribution in [0.25, 0.3) is 11.0 Å². The Kier molecular flexibility index (Phi) is 5.05. The Balaban J connectivity index is 1.22. The van der Waals surface area contributed by atoms with Crippen molar-refractivity contribution in [2.24, 2.45) is 5.92 Å². The van der Waals surface area contributed by atoms with Gasteiger partial charge in [0.1, 0.15) is 11.3 Å². The quantitative estimate of drug-likeness (QED) is 0.477. The van der Waals surface area contributed by atoms with Gasteiger partial charge >= 0.3 is 0 Å². The van der Waals surface area contributed by atoms with Crippen LogP contribution in [-0.4, -0.2) is 54.1 Å². The van der Waals surface area contributed by atoms with Gasteiger partial charge < -0.3 is 20.5 Å². The number of aromatic amines is 1. The Morgan fingerprint density at radius 3 is 2.59 bits per heavy atom. The van der Waals surface area contributed by atoms with Crippen molar-refractivity contribution >= 4 is 22.4 Å². The van der Waals surface area contributed by atoms with Crippen molar-refractivity contribution in [2.75, 3.05) is 43.9 Å². The zero-order chi connectivity index (χ0) is 21.7. The van der Waals surface area contributed by atoms with Crippen LogP contribution in [0.1, 0.15) is 42.6 Å². The Morgan fingerprint density at radius 1 is 0.969 bits per heavy atom. The summed E-state index contributed by atoms with van der Waals surface area (Å²) in [6.45, 7) is 4.30. The van der Waals surface area contributed by atoms with Crippen molar-refractivity contribution in [1.82, 2.24) is 25.7 Å². The highest BCUT2D eigenvalue weighted by Crippen LogP contribution is 2.43. The summed E-state index contributed by atoms with van der Waals surface area (Å²) in [6, 6.07) is 15.6. The first-order valence-corrected chi connectivity index (χ1v) is 11.9. The summed E-state index contributed by atoms with van der Waals surface area (Å²) in [6.07, 6.45) is 3.54. The number of fused-ring (bicyclic) bond motifs is 2. The Bertz CT molecular complexity index is 1080. The number of likely N-dealkylation sites (N-methyl/N-ethyl adjacent to an activating group) is 1.